The van der Waals surface area contributed by atoms with Gasteiger partial charge in [-0.05, 0) is 6.07 Å². The standard InChI is InChI=1S/C10H17N5O/c1-8(16)11-6-7-12-9-4-5-13-10(14-9)15(2)3/h4-5H,6-7H2,1-3H3,(H,11,16)(H,12,13,14). The Morgan fingerprint density at radius 2 is 2.19 bits per heavy atom. The van der Waals surface area contributed by atoms with Crippen LogP contribution in [0.5, 0.6) is 0 Å². The molecular formula is C10H17N5O. The molecule has 1 heterocycles. The molecule has 0 bridgehead atoms. The van der Waals surface area contributed by atoms with Crippen LogP contribution in [0.4, 0.5) is 11.8 Å². The molecule has 0 spiro atoms. The van der Waals surface area contributed by atoms with E-state index in [9.17, 15) is 4.79 Å². The van der Waals surface area contributed by atoms with Gasteiger partial charge in [0.2, 0.25) is 11.9 Å². The lowest BCUT2D eigenvalue weighted by atomic mass is 10.5. The van der Waals surface area contributed by atoms with Crippen LogP contribution in [-0.2, 0) is 4.79 Å². The maximum Gasteiger partial charge on any atom is 0.226 e. The van der Waals surface area contributed by atoms with Crippen molar-refractivity contribution < 1.29 is 4.79 Å². The van der Waals surface area contributed by atoms with Crippen molar-refractivity contribution in [2.75, 3.05) is 37.4 Å². The minimum atomic E-state index is -0.0292. The summed E-state index contributed by atoms with van der Waals surface area (Å²) in [6.07, 6.45) is 1.70. The Balaban J connectivity index is 2.42. The third-order valence-corrected chi connectivity index (χ3v) is 1.85. The van der Waals surface area contributed by atoms with Gasteiger partial charge in [0.25, 0.3) is 0 Å². The van der Waals surface area contributed by atoms with Crippen molar-refractivity contribution in [2.45, 2.75) is 6.92 Å². The molecule has 16 heavy (non-hydrogen) atoms. The average molecular weight is 223 g/mol. The van der Waals surface area contributed by atoms with E-state index in [4.69, 9.17) is 0 Å². The van der Waals surface area contributed by atoms with Crippen LogP contribution in [0, 0.1) is 0 Å². The Bertz CT molecular complexity index is 353. The fourth-order valence-corrected chi connectivity index (χ4v) is 1.09. The van der Waals surface area contributed by atoms with Crippen LogP contribution in [0.15, 0.2) is 12.3 Å². The highest BCUT2D eigenvalue weighted by atomic mass is 16.1. The molecule has 0 fully saturated rings. The van der Waals surface area contributed by atoms with Crippen molar-refractivity contribution in [2.24, 2.45) is 0 Å². The van der Waals surface area contributed by atoms with Gasteiger partial charge in [-0.3, -0.25) is 4.79 Å². The molecule has 0 aliphatic carbocycles. The third-order valence-electron chi connectivity index (χ3n) is 1.85. The van der Waals surface area contributed by atoms with Crippen LogP contribution in [0.25, 0.3) is 0 Å². The van der Waals surface area contributed by atoms with Crippen LogP contribution < -0.4 is 15.5 Å². The topological polar surface area (TPSA) is 70.2 Å². The fraction of sp³-hybridized carbons (Fsp3) is 0.500. The van der Waals surface area contributed by atoms with E-state index >= 15 is 0 Å². The van der Waals surface area contributed by atoms with E-state index in [1.54, 1.807) is 12.3 Å². The van der Waals surface area contributed by atoms with Crippen molar-refractivity contribution in [3.63, 3.8) is 0 Å². The summed E-state index contributed by atoms with van der Waals surface area (Å²) in [7, 11) is 3.77. The van der Waals surface area contributed by atoms with E-state index in [0.29, 0.717) is 19.0 Å². The highest BCUT2D eigenvalue weighted by molar-refractivity contribution is 5.72. The number of aromatic nitrogens is 2. The molecule has 1 aromatic rings. The maximum atomic E-state index is 10.6. The average Bonchev–Trinajstić information content (AvgIpc) is 2.24. The van der Waals surface area contributed by atoms with E-state index in [1.165, 1.54) is 6.92 Å². The Labute approximate surface area is 95.1 Å². The SMILES string of the molecule is CC(=O)NCCNc1ccnc(N(C)C)n1. The van der Waals surface area contributed by atoms with Gasteiger partial charge in [0.15, 0.2) is 0 Å². The molecule has 0 aliphatic rings. The molecule has 0 radical (unpaired) electrons. The Morgan fingerprint density at radius 1 is 1.44 bits per heavy atom. The number of carbonyl (C=O) groups excluding carboxylic acids is 1. The normalized spacial score (nSPS) is 9.69. The van der Waals surface area contributed by atoms with Gasteiger partial charge in [-0.15, -0.1) is 0 Å². The summed E-state index contributed by atoms with van der Waals surface area (Å²) in [4.78, 5) is 20.8. The number of rotatable bonds is 5. The molecule has 0 unspecified atom stereocenters. The van der Waals surface area contributed by atoms with Crippen molar-refractivity contribution >= 4 is 17.7 Å². The van der Waals surface area contributed by atoms with Gasteiger partial charge in [0.1, 0.15) is 5.82 Å². The second kappa shape index (κ2) is 5.89. The first kappa shape index (κ1) is 12.2. The zero-order valence-corrected chi connectivity index (χ0v) is 9.82. The third kappa shape index (κ3) is 4.12. The van der Waals surface area contributed by atoms with E-state index in [1.807, 2.05) is 19.0 Å². The fourth-order valence-electron chi connectivity index (χ4n) is 1.09. The summed E-state index contributed by atoms with van der Waals surface area (Å²) < 4.78 is 0. The summed E-state index contributed by atoms with van der Waals surface area (Å²) >= 11 is 0. The van der Waals surface area contributed by atoms with Crippen molar-refractivity contribution in [1.82, 2.24) is 15.3 Å². The zero-order chi connectivity index (χ0) is 12.0. The van der Waals surface area contributed by atoms with Gasteiger partial charge < -0.3 is 15.5 Å². The summed E-state index contributed by atoms with van der Waals surface area (Å²) in [5.41, 5.74) is 0. The Hall–Kier alpha value is -1.85. The number of hydrogen-bond donors (Lipinski definition) is 2. The molecule has 6 heteroatoms. The number of carbonyl (C=O) groups is 1. The number of amides is 1. The van der Waals surface area contributed by atoms with Crippen molar-refractivity contribution in [3.05, 3.63) is 12.3 Å². The van der Waals surface area contributed by atoms with Crippen LogP contribution in [0.2, 0.25) is 0 Å². The number of hydrogen-bond acceptors (Lipinski definition) is 5. The lowest BCUT2D eigenvalue weighted by Crippen LogP contribution is -2.26. The zero-order valence-electron chi connectivity index (χ0n) is 9.82. The van der Waals surface area contributed by atoms with E-state index in [2.05, 4.69) is 20.6 Å². The predicted octanol–water partition coefficient (Wildman–Crippen LogP) is 0.0906. The summed E-state index contributed by atoms with van der Waals surface area (Å²) in [5, 5.41) is 5.80. The molecule has 2 N–H and O–H groups in total. The van der Waals surface area contributed by atoms with Crippen molar-refractivity contribution in [1.29, 1.82) is 0 Å². The van der Waals surface area contributed by atoms with Gasteiger partial charge in [0.05, 0.1) is 0 Å². The number of anilines is 2. The summed E-state index contributed by atoms with van der Waals surface area (Å²) in [6, 6.07) is 1.79. The molecule has 0 saturated carbocycles. The van der Waals surface area contributed by atoms with Crippen LogP contribution in [-0.4, -0.2) is 43.1 Å². The molecule has 88 valence electrons. The molecule has 0 aliphatic heterocycles. The quantitative estimate of drug-likeness (QED) is 0.692. The maximum absolute atomic E-state index is 10.6. The number of nitrogens with zero attached hydrogens (tertiary/aromatic N) is 3. The Kier molecular flexibility index (Phi) is 4.50. The van der Waals surface area contributed by atoms with Crippen LogP contribution in [0.1, 0.15) is 6.92 Å². The molecule has 0 saturated heterocycles. The first-order valence-corrected chi connectivity index (χ1v) is 5.08. The van der Waals surface area contributed by atoms with Crippen LogP contribution >= 0.6 is 0 Å². The lowest BCUT2D eigenvalue weighted by molar-refractivity contribution is -0.118. The van der Waals surface area contributed by atoms with Gasteiger partial charge in [-0.1, -0.05) is 0 Å². The van der Waals surface area contributed by atoms with Gasteiger partial charge in [0, 0.05) is 40.3 Å². The smallest absolute Gasteiger partial charge is 0.226 e. The molecule has 1 aromatic heterocycles. The highest BCUT2D eigenvalue weighted by Gasteiger charge is 2.00. The summed E-state index contributed by atoms with van der Waals surface area (Å²) in [6.45, 7) is 2.72. The monoisotopic (exact) mass is 223 g/mol. The van der Waals surface area contributed by atoms with Crippen molar-refractivity contribution in [3.8, 4) is 0 Å². The second-order valence-electron chi connectivity index (χ2n) is 3.55. The van der Waals surface area contributed by atoms with Gasteiger partial charge >= 0.3 is 0 Å². The molecule has 0 aromatic carbocycles. The molecule has 1 rings (SSSR count). The molecule has 0 atom stereocenters. The molecular weight excluding hydrogens is 206 g/mol. The molecule has 1 amide bonds. The summed E-state index contributed by atoms with van der Waals surface area (Å²) in [5.74, 6) is 1.38. The molecule has 6 nitrogen and oxygen atoms in total. The van der Waals surface area contributed by atoms with Gasteiger partial charge in [-0.25, -0.2) is 4.98 Å². The lowest BCUT2D eigenvalue weighted by Gasteiger charge is -2.11. The predicted molar refractivity (Wildman–Crippen MR) is 63.5 cm³/mol. The van der Waals surface area contributed by atoms with E-state index < -0.39 is 0 Å². The van der Waals surface area contributed by atoms with E-state index in [0.717, 1.165) is 5.82 Å². The minimum Gasteiger partial charge on any atom is -0.368 e. The van der Waals surface area contributed by atoms with Gasteiger partial charge in [-0.2, -0.15) is 4.98 Å². The first-order valence-electron chi connectivity index (χ1n) is 5.08. The Morgan fingerprint density at radius 3 is 2.81 bits per heavy atom. The van der Waals surface area contributed by atoms with Crippen LogP contribution in [0.3, 0.4) is 0 Å². The first-order chi connectivity index (χ1) is 7.59. The largest absolute Gasteiger partial charge is 0.368 e. The minimum absolute atomic E-state index is 0.0292. The number of nitrogens with one attached hydrogen (secondary N) is 2. The van der Waals surface area contributed by atoms with E-state index in [-0.39, 0.29) is 5.91 Å². The highest BCUT2D eigenvalue weighted by Crippen LogP contribution is 2.06. The second-order valence-corrected chi connectivity index (χ2v) is 3.55.